The van der Waals surface area contributed by atoms with Crippen LogP contribution in [0.2, 0.25) is 5.02 Å². The molecule has 3 rings (SSSR count). The summed E-state index contributed by atoms with van der Waals surface area (Å²) in [6.07, 6.45) is -3.99. The molecule has 0 aliphatic rings. The maximum absolute atomic E-state index is 14.1. The van der Waals surface area contributed by atoms with Crippen LogP contribution in [0.5, 0.6) is 0 Å². The number of amides is 1. The van der Waals surface area contributed by atoms with Crippen molar-refractivity contribution in [1.29, 1.82) is 0 Å². The zero-order valence-electron chi connectivity index (χ0n) is 18.8. The molecule has 8 nitrogen and oxygen atoms in total. The third kappa shape index (κ3) is 7.11. The molecule has 0 saturated heterocycles. The molecule has 0 spiro atoms. The van der Waals surface area contributed by atoms with Crippen LogP contribution in [-0.4, -0.2) is 35.5 Å². The second-order valence-electron chi connectivity index (χ2n) is 7.59. The number of anilines is 3. The van der Waals surface area contributed by atoms with Crippen molar-refractivity contribution in [3.05, 3.63) is 83.1 Å². The zero-order chi connectivity index (χ0) is 27.6. The molecule has 0 radical (unpaired) electrons. The van der Waals surface area contributed by atoms with E-state index in [1.54, 1.807) is 0 Å². The Morgan fingerprint density at radius 3 is 2.11 bits per heavy atom. The summed E-state index contributed by atoms with van der Waals surface area (Å²) in [6.45, 7) is -0.764. The summed E-state index contributed by atoms with van der Waals surface area (Å²) >= 11 is 5.54. The van der Waals surface area contributed by atoms with Crippen molar-refractivity contribution in [2.45, 2.75) is 11.1 Å². The smallest absolute Gasteiger partial charge is 0.325 e. The molecule has 0 saturated carbocycles. The number of hydrogen-bond acceptors (Lipinski definition) is 5. The van der Waals surface area contributed by atoms with Gasteiger partial charge in [0.25, 0.3) is 10.0 Å². The summed E-state index contributed by atoms with van der Waals surface area (Å²) in [6, 6.07) is 12.0. The minimum atomic E-state index is -4.79. The summed E-state index contributed by atoms with van der Waals surface area (Å²) < 4.78 is 105. The fraction of sp³-hybridized carbons (Fsp3) is 0.136. The topological polar surface area (TPSA) is 113 Å². The van der Waals surface area contributed by atoms with Crippen LogP contribution in [0, 0.1) is 5.82 Å². The second kappa shape index (κ2) is 10.6. The molecule has 0 aliphatic carbocycles. The summed E-state index contributed by atoms with van der Waals surface area (Å²) in [5.41, 5.74) is -1.84. The zero-order valence-corrected chi connectivity index (χ0v) is 21.1. The van der Waals surface area contributed by atoms with E-state index in [4.69, 9.17) is 11.6 Å². The van der Waals surface area contributed by atoms with Gasteiger partial charge in [0.05, 0.1) is 27.4 Å². The molecule has 2 N–H and O–H groups in total. The molecule has 0 atom stereocenters. The average molecular weight is 580 g/mol. The molecule has 0 bridgehead atoms. The van der Waals surface area contributed by atoms with E-state index in [0.717, 1.165) is 36.6 Å². The normalized spacial score (nSPS) is 12.2. The summed E-state index contributed by atoms with van der Waals surface area (Å²) in [7, 11) is -8.35. The predicted octanol–water partition coefficient (Wildman–Crippen LogP) is 4.70. The molecule has 1 amide bonds. The number of carbonyl (C=O) groups is 1. The molecule has 198 valence electrons. The Morgan fingerprint density at radius 2 is 1.54 bits per heavy atom. The molecule has 15 heteroatoms. The van der Waals surface area contributed by atoms with Crippen molar-refractivity contribution < 1.29 is 39.2 Å². The minimum Gasteiger partial charge on any atom is -0.325 e. The van der Waals surface area contributed by atoms with Crippen LogP contribution in [0.1, 0.15) is 5.56 Å². The first kappa shape index (κ1) is 28.2. The van der Waals surface area contributed by atoms with E-state index in [0.29, 0.717) is 10.4 Å². The number of para-hydroxylation sites is 1. The standard InChI is InChI=1S/C22H18ClF4N3O5S2/c1-36(32,33)30(20-5-3-2-4-19(20)24)13-21(31)28-14-6-9-16(10-7-14)37(34,35)29-15-8-11-18(23)17(12-15)22(25,26)27/h2-12,29H,13H2,1H3,(H,28,31). The Morgan fingerprint density at radius 1 is 0.946 bits per heavy atom. The Hall–Kier alpha value is -3.36. The van der Waals surface area contributed by atoms with Crippen LogP contribution in [-0.2, 0) is 31.0 Å². The Bertz CT molecular complexity index is 1530. The van der Waals surface area contributed by atoms with E-state index < -0.39 is 55.1 Å². The van der Waals surface area contributed by atoms with Gasteiger partial charge in [-0.05, 0) is 54.6 Å². The van der Waals surface area contributed by atoms with Crippen molar-refractivity contribution in [3.8, 4) is 0 Å². The highest BCUT2D eigenvalue weighted by Gasteiger charge is 2.33. The molecule has 37 heavy (non-hydrogen) atoms. The molecular formula is C22H18ClF4N3O5S2. The van der Waals surface area contributed by atoms with Gasteiger partial charge in [0.15, 0.2) is 0 Å². The number of rotatable bonds is 8. The molecule has 0 aliphatic heterocycles. The lowest BCUT2D eigenvalue weighted by molar-refractivity contribution is -0.137. The number of sulfonamides is 2. The lowest BCUT2D eigenvalue weighted by atomic mass is 10.2. The largest absolute Gasteiger partial charge is 0.417 e. The summed E-state index contributed by atoms with van der Waals surface area (Å²) in [5.74, 6) is -1.70. The van der Waals surface area contributed by atoms with Crippen LogP contribution in [0.25, 0.3) is 0 Å². The molecule has 3 aromatic carbocycles. The van der Waals surface area contributed by atoms with Gasteiger partial charge in [-0.1, -0.05) is 23.7 Å². The molecular weight excluding hydrogens is 562 g/mol. The van der Waals surface area contributed by atoms with Gasteiger partial charge < -0.3 is 5.32 Å². The number of nitrogens with one attached hydrogen (secondary N) is 2. The van der Waals surface area contributed by atoms with Crippen molar-refractivity contribution in [2.24, 2.45) is 0 Å². The first-order valence-corrected chi connectivity index (χ1v) is 13.8. The van der Waals surface area contributed by atoms with Crippen LogP contribution in [0.3, 0.4) is 0 Å². The molecule has 0 unspecified atom stereocenters. The van der Waals surface area contributed by atoms with Crippen LogP contribution < -0.4 is 14.3 Å². The maximum atomic E-state index is 14.1. The van der Waals surface area contributed by atoms with E-state index in [-0.39, 0.29) is 22.0 Å². The van der Waals surface area contributed by atoms with Crippen LogP contribution in [0.15, 0.2) is 71.6 Å². The number of hydrogen-bond donors (Lipinski definition) is 2. The van der Waals surface area contributed by atoms with Gasteiger partial charge in [-0.15, -0.1) is 0 Å². The first-order chi connectivity index (χ1) is 17.1. The Kier molecular flexibility index (Phi) is 8.05. The van der Waals surface area contributed by atoms with Gasteiger partial charge in [0.2, 0.25) is 15.9 Å². The SMILES string of the molecule is CS(=O)(=O)N(CC(=O)Nc1ccc(S(=O)(=O)Nc2ccc(Cl)c(C(F)(F)F)c2)cc1)c1ccccc1F. The van der Waals surface area contributed by atoms with Gasteiger partial charge in [0, 0.05) is 11.4 Å². The highest BCUT2D eigenvalue weighted by Crippen LogP contribution is 2.36. The summed E-state index contributed by atoms with van der Waals surface area (Å²) in [4.78, 5) is 12.1. The van der Waals surface area contributed by atoms with Crippen molar-refractivity contribution in [2.75, 3.05) is 27.1 Å². The van der Waals surface area contributed by atoms with Crippen LogP contribution >= 0.6 is 11.6 Å². The molecule has 0 aromatic heterocycles. The van der Waals surface area contributed by atoms with Crippen molar-refractivity contribution >= 4 is 54.6 Å². The monoisotopic (exact) mass is 579 g/mol. The number of benzene rings is 3. The third-order valence-electron chi connectivity index (χ3n) is 4.78. The van der Waals surface area contributed by atoms with Gasteiger partial charge in [-0.2, -0.15) is 13.2 Å². The van der Waals surface area contributed by atoms with Gasteiger partial charge >= 0.3 is 6.18 Å². The maximum Gasteiger partial charge on any atom is 0.417 e. The van der Waals surface area contributed by atoms with Crippen LogP contribution in [0.4, 0.5) is 34.6 Å². The molecule has 3 aromatic rings. The number of carbonyl (C=O) groups excluding carboxylic acids is 1. The number of nitrogens with zero attached hydrogens (tertiary/aromatic N) is 1. The second-order valence-corrected chi connectivity index (χ2v) is 11.6. The van der Waals surface area contributed by atoms with Gasteiger partial charge in [-0.3, -0.25) is 13.8 Å². The van der Waals surface area contributed by atoms with Crippen molar-refractivity contribution in [3.63, 3.8) is 0 Å². The van der Waals surface area contributed by atoms with E-state index in [1.807, 2.05) is 4.72 Å². The fourth-order valence-corrected chi connectivity index (χ4v) is 5.23. The molecule has 0 fully saturated rings. The van der Waals surface area contributed by atoms with E-state index in [1.165, 1.54) is 30.3 Å². The Labute approximate surface area is 215 Å². The van der Waals surface area contributed by atoms with Gasteiger partial charge in [-0.25, -0.2) is 21.2 Å². The lowest BCUT2D eigenvalue weighted by Crippen LogP contribution is -2.38. The van der Waals surface area contributed by atoms with Gasteiger partial charge in [0.1, 0.15) is 12.4 Å². The highest BCUT2D eigenvalue weighted by atomic mass is 35.5. The lowest BCUT2D eigenvalue weighted by Gasteiger charge is -2.22. The molecule has 0 heterocycles. The summed E-state index contributed by atoms with van der Waals surface area (Å²) in [5, 5.41) is 1.77. The number of alkyl halides is 3. The predicted molar refractivity (Wildman–Crippen MR) is 131 cm³/mol. The van der Waals surface area contributed by atoms with E-state index in [2.05, 4.69) is 5.32 Å². The highest BCUT2D eigenvalue weighted by molar-refractivity contribution is 7.92. The van der Waals surface area contributed by atoms with E-state index in [9.17, 15) is 39.2 Å². The van der Waals surface area contributed by atoms with E-state index >= 15 is 0 Å². The average Bonchev–Trinajstić information content (AvgIpc) is 2.78. The minimum absolute atomic E-state index is 0.0804. The van der Waals surface area contributed by atoms with Crippen molar-refractivity contribution in [1.82, 2.24) is 0 Å². The quantitative estimate of drug-likeness (QED) is 0.376. The first-order valence-electron chi connectivity index (χ1n) is 10.1. The number of halogens is 5. The Balaban J connectivity index is 1.74. The fourth-order valence-electron chi connectivity index (χ4n) is 3.10. The third-order valence-corrected chi connectivity index (χ3v) is 7.63.